The molecule has 1 unspecified atom stereocenters. The summed E-state index contributed by atoms with van der Waals surface area (Å²) in [6, 6.07) is 8.72. The summed E-state index contributed by atoms with van der Waals surface area (Å²) in [5.74, 6) is -1.06. The largest absolute Gasteiger partial charge is 0.477 e. The van der Waals surface area contributed by atoms with Crippen LogP contribution >= 0.6 is 0 Å². The van der Waals surface area contributed by atoms with E-state index in [1.165, 1.54) is 13.0 Å². The van der Waals surface area contributed by atoms with E-state index in [2.05, 4.69) is 10.2 Å². The molecule has 0 bridgehead atoms. The van der Waals surface area contributed by atoms with Crippen molar-refractivity contribution in [1.29, 1.82) is 0 Å². The van der Waals surface area contributed by atoms with Crippen LogP contribution in [-0.2, 0) is 6.42 Å². The summed E-state index contributed by atoms with van der Waals surface area (Å²) in [6.07, 6.45) is -0.671. The lowest BCUT2D eigenvalue weighted by Gasteiger charge is -2.07. The molecule has 0 radical (unpaired) electrons. The first kappa shape index (κ1) is 12.3. The fourth-order valence-corrected chi connectivity index (χ4v) is 1.82. The number of aromatic amines is 1. The Morgan fingerprint density at radius 2 is 2.22 bits per heavy atom. The van der Waals surface area contributed by atoms with Gasteiger partial charge in [0.25, 0.3) is 0 Å². The lowest BCUT2D eigenvalue weighted by Crippen LogP contribution is -2.00. The summed E-state index contributed by atoms with van der Waals surface area (Å²) in [5.41, 5.74) is 2.11. The van der Waals surface area contributed by atoms with Crippen molar-refractivity contribution in [1.82, 2.24) is 10.2 Å². The topological polar surface area (TPSA) is 66.0 Å². The van der Waals surface area contributed by atoms with Gasteiger partial charge < -0.3 is 5.11 Å². The van der Waals surface area contributed by atoms with E-state index in [-0.39, 0.29) is 12.1 Å². The maximum atomic E-state index is 13.1. The summed E-state index contributed by atoms with van der Waals surface area (Å²) in [4.78, 5) is 10.8. The molecule has 0 amide bonds. The molecule has 1 heterocycles. The number of carbonyl (C=O) groups is 1. The van der Waals surface area contributed by atoms with Gasteiger partial charge in [-0.25, -0.2) is 9.18 Å². The number of hydrogen-bond acceptors (Lipinski definition) is 2. The lowest BCUT2D eigenvalue weighted by atomic mass is 10.00. The highest BCUT2D eigenvalue weighted by molar-refractivity contribution is 5.87. The average Bonchev–Trinajstić information content (AvgIpc) is 2.78. The molecule has 1 atom stereocenters. The molecule has 2 aromatic rings. The first-order valence-electron chi connectivity index (χ1n) is 5.59. The van der Waals surface area contributed by atoms with Crippen LogP contribution in [0.2, 0.25) is 0 Å². The van der Waals surface area contributed by atoms with Crippen LogP contribution in [0.4, 0.5) is 4.39 Å². The van der Waals surface area contributed by atoms with Crippen LogP contribution in [0.25, 0.3) is 11.3 Å². The summed E-state index contributed by atoms with van der Waals surface area (Å²) < 4.78 is 13.1. The molecule has 0 spiro atoms. The number of halogens is 1. The van der Waals surface area contributed by atoms with Gasteiger partial charge >= 0.3 is 5.97 Å². The van der Waals surface area contributed by atoms with E-state index in [1.807, 2.05) is 18.2 Å². The Bertz CT molecular complexity index is 564. The van der Waals surface area contributed by atoms with Gasteiger partial charge in [0.05, 0.1) is 5.69 Å². The summed E-state index contributed by atoms with van der Waals surface area (Å²) in [7, 11) is 0. The van der Waals surface area contributed by atoms with E-state index in [0.717, 1.165) is 11.1 Å². The minimum atomic E-state index is -1.06. The first-order chi connectivity index (χ1) is 8.58. The second-order valence-corrected chi connectivity index (χ2v) is 4.11. The minimum Gasteiger partial charge on any atom is -0.477 e. The highest BCUT2D eigenvalue weighted by Crippen LogP contribution is 2.24. The van der Waals surface area contributed by atoms with Crippen LogP contribution in [0.1, 0.15) is 23.0 Å². The molecule has 94 valence electrons. The molecule has 1 aromatic heterocycles. The zero-order valence-electron chi connectivity index (χ0n) is 9.85. The van der Waals surface area contributed by atoms with Crippen molar-refractivity contribution in [2.45, 2.75) is 19.5 Å². The van der Waals surface area contributed by atoms with E-state index in [1.54, 1.807) is 6.07 Å². The van der Waals surface area contributed by atoms with Crippen LogP contribution in [0.5, 0.6) is 0 Å². The molecular formula is C13H13FN2O2. The fourth-order valence-electron chi connectivity index (χ4n) is 1.82. The van der Waals surface area contributed by atoms with Crippen molar-refractivity contribution in [3.63, 3.8) is 0 Å². The summed E-state index contributed by atoms with van der Waals surface area (Å²) >= 11 is 0. The Hall–Kier alpha value is -2.17. The molecule has 18 heavy (non-hydrogen) atoms. The number of carboxylic acid groups (broad SMARTS) is 1. The number of rotatable bonds is 4. The molecule has 4 nitrogen and oxygen atoms in total. The van der Waals surface area contributed by atoms with Crippen molar-refractivity contribution in [3.8, 4) is 11.3 Å². The third kappa shape index (κ3) is 2.56. The molecular weight excluding hydrogens is 235 g/mol. The smallest absolute Gasteiger partial charge is 0.353 e. The molecule has 2 N–H and O–H groups in total. The lowest BCUT2D eigenvalue weighted by molar-refractivity contribution is 0.0690. The number of aromatic nitrogens is 2. The van der Waals surface area contributed by atoms with Crippen molar-refractivity contribution >= 4 is 5.97 Å². The van der Waals surface area contributed by atoms with Crippen molar-refractivity contribution in [2.75, 3.05) is 0 Å². The molecule has 0 aliphatic rings. The average molecular weight is 248 g/mol. The zero-order valence-corrected chi connectivity index (χ0v) is 9.85. The normalized spacial score (nSPS) is 12.3. The summed E-state index contributed by atoms with van der Waals surface area (Å²) in [5, 5.41) is 15.2. The Balaban J connectivity index is 2.39. The molecule has 5 heteroatoms. The van der Waals surface area contributed by atoms with E-state index >= 15 is 0 Å². The maximum absolute atomic E-state index is 13.1. The van der Waals surface area contributed by atoms with Gasteiger partial charge in [-0.05, 0) is 18.6 Å². The molecule has 0 saturated heterocycles. The molecule has 0 aliphatic heterocycles. The fraction of sp³-hybridized carbons (Fsp3) is 0.231. The Kier molecular flexibility index (Phi) is 3.41. The van der Waals surface area contributed by atoms with Gasteiger partial charge in [-0.3, -0.25) is 5.10 Å². The summed E-state index contributed by atoms with van der Waals surface area (Å²) in [6.45, 7) is 1.49. The van der Waals surface area contributed by atoms with Crippen molar-refractivity contribution < 1.29 is 14.3 Å². The Morgan fingerprint density at radius 1 is 1.50 bits per heavy atom. The third-order valence-corrected chi connectivity index (χ3v) is 2.60. The van der Waals surface area contributed by atoms with Crippen molar-refractivity contribution in [2.24, 2.45) is 0 Å². The van der Waals surface area contributed by atoms with Crippen LogP contribution in [0, 0.1) is 0 Å². The molecule has 0 saturated carbocycles. The SMILES string of the molecule is CC(F)Cc1ccccc1-c1cc(C(=O)O)[nH]n1. The van der Waals surface area contributed by atoms with Crippen LogP contribution in [-0.4, -0.2) is 27.4 Å². The number of benzene rings is 1. The number of hydrogen-bond donors (Lipinski definition) is 2. The van der Waals surface area contributed by atoms with Gasteiger partial charge in [-0.15, -0.1) is 0 Å². The van der Waals surface area contributed by atoms with Gasteiger partial charge in [0.15, 0.2) is 0 Å². The van der Waals surface area contributed by atoms with Gasteiger partial charge in [-0.2, -0.15) is 5.10 Å². The number of carboxylic acids is 1. The Morgan fingerprint density at radius 3 is 2.83 bits per heavy atom. The van der Waals surface area contributed by atoms with Gasteiger partial charge in [0, 0.05) is 12.0 Å². The maximum Gasteiger partial charge on any atom is 0.353 e. The molecule has 1 aromatic carbocycles. The highest BCUT2D eigenvalue weighted by Gasteiger charge is 2.13. The van der Waals surface area contributed by atoms with Gasteiger partial charge in [0.2, 0.25) is 0 Å². The molecule has 0 aliphatic carbocycles. The number of nitrogens with one attached hydrogen (secondary N) is 1. The van der Waals surface area contributed by atoms with Gasteiger partial charge in [-0.1, -0.05) is 24.3 Å². The number of aromatic carboxylic acids is 1. The predicted molar refractivity (Wildman–Crippen MR) is 65.3 cm³/mol. The monoisotopic (exact) mass is 248 g/mol. The van der Waals surface area contributed by atoms with E-state index in [0.29, 0.717) is 5.69 Å². The van der Waals surface area contributed by atoms with Gasteiger partial charge in [0.1, 0.15) is 11.9 Å². The van der Waals surface area contributed by atoms with Crippen LogP contribution in [0.3, 0.4) is 0 Å². The van der Waals surface area contributed by atoms with Crippen LogP contribution < -0.4 is 0 Å². The highest BCUT2D eigenvalue weighted by atomic mass is 19.1. The van der Waals surface area contributed by atoms with E-state index < -0.39 is 12.1 Å². The second kappa shape index (κ2) is 5.00. The third-order valence-electron chi connectivity index (χ3n) is 2.60. The number of H-pyrrole nitrogens is 1. The standard InChI is InChI=1S/C13H13FN2O2/c1-8(14)6-9-4-2-3-5-10(9)11-7-12(13(17)18)16-15-11/h2-5,7-8H,6H2,1H3,(H,15,16)(H,17,18). The minimum absolute atomic E-state index is 0.0214. The zero-order chi connectivity index (χ0) is 13.1. The van der Waals surface area contributed by atoms with Crippen molar-refractivity contribution in [3.05, 3.63) is 41.6 Å². The first-order valence-corrected chi connectivity index (χ1v) is 5.59. The predicted octanol–water partition coefficient (Wildman–Crippen LogP) is 2.68. The number of nitrogens with zero attached hydrogens (tertiary/aromatic N) is 1. The molecule has 2 rings (SSSR count). The van der Waals surface area contributed by atoms with Crippen LogP contribution in [0.15, 0.2) is 30.3 Å². The Labute approximate surface area is 103 Å². The van der Waals surface area contributed by atoms with E-state index in [4.69, 9.17) is 5.11 Å². The number of alkyl halides is 1. The second-order valence-electron chi connectivity index (χ2n) is 4.11. The van der Waals surface area contributed by atoms with E-state index in [9.17, 15) is 9.18 Å². The quantitative estimate of drug-likeness (QED) is 0.874. The molecule has 0 fully saturated rings.